The number of nitrogens with two attached hydrogens (primary N) is 2. The summed E-state index contributed by atoms with van der Waals surface area (Å²) < 4.78 is 15.7. The minimum absolute atomic E-state index is 0.0276. The van der Waals surface area contributed by atoms with E-state index in [1.165, 1.54) is 17.5 Å². The number of anilines is 1. The number of halogens is 1. The maximum Gasteiger partial charge on any atom is 0.315 e. The quantitative estimate of drug-likeness (QED) is 0.405. The van der Waals surface area contributed by atoms with Gasteiger partial charge in [-0.25, -0.2) is 14.2 Å². The number of carbonyl (C=O) groups is 2. The van der Waals surface area contributed by atoms with E-state index in [2.05, 4.69) is 10.1 Å². The van der Waals surface area contributed by atoms with Gasteiger partial charge in [0.05, 0.1) is 23.1 Å². The standard InChI is InChI=1S/C27H26FN7O2/c1-14(36)23-24(16-10-17-7-8-18(11-16)34(17)27(30)37)33-26-20(13-32-35(26)25(23)29)15-6-9-22(31-12-15)19-4-2-3-5-21(19)28/h2-6,9,12-13,16-18H,7-8,10-11,29H2,1H3,(H2,30,37). The molecule has 2 amide bonds. The molecule has 37 heavy (non-hydrogen) atoms. The predicted molar refractivity (Wildman–Crippen MR) is 136 cm³/mol. The van der Waals surface area contributed by atoms with Gasteiger partial charge in [-0.1, -0.05) is 18.2 Å². The molecule has 5 heterocycles. The van der Waals surface area contributed by atoms with Crippen molar-refractivity contribution < 1.29 is 14.0 Å². The van der Waals surface area contributed by atoms with E-state index in [0.717, 1.165) is 18.4 Å². The number of Topliss-reactive ketones (excluding diaryl/α,β-unsaturated/α-hetero) is 1. The highest BCUT2D eigenvalue weighted by Crippen LogP contribution is 2.44. The average molecular weight is 500 g/mol. The van der Waals surface area contributed by atoms with Crippen molar-refractivity contribution in [2.75, 3.05) is 5.73 Å². The summed E-state index contributed by atoms with van der Waals surface area (Å²) in [6.07, 6.45) is 6.41. The van der Waals surface area contributed by atoms with Gasteiger partial charge in [0, 0.05) is 40.9 Å². The van der Waals surface area contributed by atoms with Gasteiger partial charge in [-0.05, 0) is 50.8 Å². The van der Waals surface area contributed by atoms with E-state index in [1.54, 1.807) is 41.6 Å². The van der Waals surface area contributed by atoms with E-state index in [4.69, 9.17) is 16.5 Å². The molecule has 0 saturated carbocycles. The third-order valence-corrected chi connectivity index (χ3v) is 7.66. The predicted octanol–water partition coefficient (Wildman–Crippen LogP) is 4.17. The maximum absolute atomic E-state index is 14.2. The summed E-state index contributed by atoms with van der Waals surface area (Å²) >= 11 is 0. The summed E-state index contributed by atoms with van der Waals surface area (Å²) in [6, 6.07) is 9.73. The third kappa shape index (κ3) is 3.71. The van der Waals surface area contributed by atoms with Crippen LogP contribution in [-0.2, 0) is 0 Å². The van der Waals surface area contributed by atoms with Crippen molar-refractivity contribution in [3.05, 3.63) is 65.9 Å². The number of hydrogen-bond donors (Lipinski definition) is 2. The minimum atomic E-state index is -0.398. The van der Waals surface area contributed by atoms with Gasteiger partial charge in [0.25, 0.3) is 0 Å². The lowest BCUT2D eigenvalue weighted by molar-refractivity contribution is 0.101. The van der Waals surface area contributed by atoms with Crippen molar-refractivity contribution in [2.45, 2.75) is 50.6 Å². The van der Waals surface area contributed by atoms with Crippen LogP contribution in [0.25, 0.3) is 28.0 Å². The Hall–Kier alpha value is -4.34. The number of ketones is 1. The zero-order valence-electron chi connectivity index (χ0n) is 20.3. The molecule has 0 spiro atoms. The largest absolute Gasteiger partial charge is 0.383 e. The maximum atomic E-state index is 14.2. The summed E-state index contributed by atoms with van der Waals surface area (Å²) in [4.78, 5) is 35.9. The van der Waals surface area contributed by atoms with Gasteiger partial charge in [0.1, 0.15) is 11.6 Å². The van der Waals surface area contributed by atoms with Crippen LogP contribution in [0.5, 0.6) is 0 Å². The Bertz CT molecular complexity index is 1530. The Morgan fingerprint density at radius 2 is 1.76 bits per heavy atom. The van der Waals surface area contributed by atoms with Gasteiger partial charge < -0.3 is 16.4 Å². The summed E-state index contributed by atoms with van der Waals surface area (Å²) in [5.74, 6) is -0.326. The Kier molecular flexibility index (Phi) is 5.40. The van der Waals surface area contributed by atoms with Crippen molar-refractivity contribution >= 4 is 23.3 Å². The normalized spacial score (nSPS) is 20.9. The molecule has 10 heteroatoms. The first-order chi connectivity index (χ1) is 17.8. The van der Waals surface area contributed by atoms with Crippen molar-refractivity contribution in [1.29, 1.82) is 0 Å². The monoisotopic (exact) mass is 499 g/mol. The molecule has 0 aliphatic carbocycles. The van der Waals surface area contributed by atoms with Gasteiger partial charge in [-0.3, -0.25) is 9.78 Å². The highest BCUT2D eigenvalue weighted by atomic mass is 19.1. The van der Waals surface area contributed by atoms with Crippen LogP contribution < -0.4 is 11.5 Å². The smallest absolute Gasteiger partial charge is 0.315 e. The summed E-state index contributed by atoms with van der Waals surface area (Å²) in [6.45, 7) is 1.48. The second kappa shape index (κ2) is 8.65. The molecule has 2 fully saturated rings. The number of pyridine rings is 1. The van der Waals surface area contributed by atoms with Crippen LogP contribution in [0.4, 0.5) is 15.0 Å². The molecule has 2 bridgehead atoms. The number of piperidine rings is 1. The molecular weight excluding hydrogens is 473 g/mol. The molecule has 3 aromatic heterocycles. The second-order valence-electron chi connectivity index (χ2n) is 9.82. The van der Waals surface area contributed by atoms with Crippen LogP contribution >= 0.6 is 0 Å². The number of rotatable bonds is 4. The summed E-state index contributed by atoms with van der Waals surface area (Å²) in [5, 5.41) is 4.42. The van der Waals surface area contributed by atoms with E-state index in [9.17, 15) is 14.0 Å². The fourth-order valence-electron chi connectivity index (χ4n) is 6.03. The number of amides is 2. The van der Waals surface area contributed by atoms with Gasteiger partial charge in [0.15, 0.2) is 11.4 Å². The number of nitrogen functional groups attached to an aromatic ring is 1. The van der Waals surface area contributed by atoms with Crippen molar-refractivity contribution in [1.82, 2.24) is 24.5 Å². The molecule has 2 atom stereocenters. The van der Waals surface area contributed by atoms with Gasteiger partial charge >= 0.3 is 6.03 Å². The van der Waals surface area contributed by atoms with Crippen LogP contribution in [0, 0.1) is 5.82 Å². The molecular formula is C27H26FN7O2. The number of fused-ring (bicyclic) bond motifs is 3. The van der Waals surface area contributed by atoms with Crippen molar-refractivity contribution in [3.63, 3.8) is 0 Å². The Morgan fingerprint density at radius 3 is 2.38 bits per heavy atom. The van der Waals surface area contributed by atoms with Crippen LogP contribution in [0.2, 0.25) is 0 Å². The first kappa shape index (κ1) is 23.1. The van der Waals surface area contributed by atoms with Crippen LogP contribution in [-0.4, -0.2) is 48.4 Å². The van der Waals surface area contributed by atoms with E-state index in [0.29, 0.717) is 46.6 Å². The molecule has 2 unspecified atom stereocenters. The van der Waals surface area contributed by atoms with Gasteiger partial charge in [0.2, 0.25) is 0 Å². The van der Waals surface area contributed by atoms with E-state index in [1.807, 2.05) is 6.07 Å². The lowest BCUT2D eigenvalue weighted by Gasteiger charge is -2.38. The topological polar surface area (TPSA) is 132 Å². The van der Waals surface area contributed by atoms with E-state index in [-0.39, 0.29) is 35.4 Å². The fourth-order valence-corrected chi connectivity index (χ4v) is 6.03. The van der Waals surface area contributed by atoms with Crippen molar-refractivity contribution in [3.8, 4) is 22.4 Å². The van der Waals surface area contributed by atoms with Gasteiger partial charge in [-0.2, -0.15) is 9.61 Å². The minimum Gasteiger partial charge on any atom is -0.383 e. The first-order valence-electron chi connectivity index (χ1n) is 12.3. The number of benzene rings is 1. The van der Waals surface area contributed by atoms with Crippen LogP contribution in [0.1, 0.15) is 54.6 Å². The number of carbonyl (C=O) groups excluding carboxylic acids is 2. The fraction of sp³-hybridized carbons (Fsp3) is 0.296. The zero-order valence-corrected chi connectivity index (χ0v) is 20.3. The SMILES string of the molecule is CC(=O)c1c(C2CC3CCC(C2)N3C(N)=O)nc2c(-c3ccc(-c4ccccc4F)nc3)cnn2c1N. The molecule has 2 saturated heterocycles. The lowest BCUT2D eigenvalue weighted by atomic mass is 9.85. The molecule has 2 aliphatic heterocycles. The lowest BCUT2D eigenvalue weighted by Crippen LogP contribution is -2.48. The zero-order chi connectivity index (χ0) is 25.8. The van der Waals surface area contributed by atoms with Crippen molar-refractivity contribution in [2.24, 2.45) is 5.73 Å². The molecule has 6 rings (SSSR count). The molecule has 0 radical (unpaired) electrons. The molecule has 9 nitrogen and oxygen atoms in total. The molecule has 2 aliphatic rings. The molecule has 188 valence electrons. The molecule has 1 aromatic carbocycles. The second-order valence-corrected chi connectivity index (χ2v) is 9.82. The van der Waals surface area contributed by atoms with E-state index < -0.39 is 6.03 Å². The summed E-state index contributed by atoms with van der Waals surface area (Å²) in [7, 11) is 0. The molecule has 4 N–H and O–H groups in total. The summed E-state index contributed by atoms with van der Waals surface area (Å²) in [5.41, 5.74) is 16.0. The highest BCUT2D eigenvalue weighted by molar-refractivity contribution is 6.00. The van der Waals surface area contributed by atoms with Crippen LogP contribution in [0.3, 0.4) is 0 Å². The average Bonchev–Trinajstić information content (AvgIpc) is 3.42. The van der Waals surface area contributed by atoms with Crippen LogP contribution in [0.15, 0.2) is 48.8 Å². The number of primary amides is 1. The Morgan fingerprint density at radius 1 is 1.03 bits per heavy atom. The van der Waals surface area contributed by atoms with Gasteiger partial charge in [-0.15, -0.1) is 0 Å². The van der Waals surface area contributed by atoms with E-state index >= 15 is 0 Å². The number of nitrogens with zero attached hydrogens (tertiary/aromatic N) is 5. The third-order valence-electron chi connectivity index (χ3n) is 7.66. The number of urea groups is 1. The Labute approximate surface area is 212 Å². The number of hydrogen-bond acceptors (Lipinski definition) is 6. The first-order valence-corrected chi connectivity index (χ1v) is 12.3. The number of aromatic nitrogens is 4. The molecule has 4 aromatic rings. The highest BCUT2D eigenvalue weighted by Gasteiger charge is 2.44. The Balaban J connectivity index is 1.42.